The number of carboxylic acids is 1. The lowest BCUT2D eigenvalue weighted by molar-refractivity contribution is -0.137. The molecule has 0 aliphatic carbocycles. The molecule has 0 spiro atoms. The van der Waals surface area contributed by atoms with Crippen LogP contribution in [0.15, 0.2) is 64.2 Å². The molecule has 1 saturated heterocycles. The molecule has 1 aliphatic rings. The van der Waals surface area contributed by atoms with Crippen molar-refractivity contribution >= 4 is 23.0 Å². The van der Waals surface area contributed by atoms with Gasteiger partial charge < -0.3 is 20.2 Å². The molecule has 3 aromatic rings. The fraction of sp³-hybridized carbons (Fsp3) is 0.261. The van der Waals surface area contributed by atoms with E-state index in [4.69, 9.17) is 0 Å². The van der Waals surface area contributed by atoms with Crippen molar-refractivity contribution in [3.05, 3.63) is 75.0 Å². The minimum Gasteiger partial charge on any atom is -0.480 e. The number of rotatable bonds is 6. The number of carboxylic acid groups (broad SMARTS) is 1. The molecule has 4 rings (SSSR count). The molecule has 1 aliphatic heterocycles. The van der Waals surface area contributed by atoms with Crippen molar-refractivity contribution < 1.29 is 9.90 Å². The largest absolute Gasteiger partial charge is 0.480 e. The van der Waals surface area contributed by atoms with Gasteiger partial charge in [-0.25, -0.2) is 0 Å². The van der Waals surface area contributed by atoms with Crippen molar-refractivity contribution in [2.75, 3.05) is 41.3 Å². The Morgan fingerprint density at radius 2 is 1.50 bits per heavy atom. The minimum absolute atomic E-state index is 0.369. The first-order valence-corrected chi connectivity index (χ1v) is 9.94. The summed E-state index contributed by atoms with van der Waals surface area (Å²) >= 11 is 0. The second-order valence-corrected chi connectivity index (χ2v) is 7.44. The Labute approximate surface area is 173 Å². The molecule has 0 radical (unpaired) electrons. The maximum Gasteiger partial charge on any atom is 0.325 e. The highest BCUT2D eigenvalue weighted by Crippen LogP contribution is 2.33. The molecule has 7 nitrogen and oxygen atoms in total. The Morgan fingerprint density at radius 3 is 2.17 bits per heavy atom. The van der Waals surface area contributed by atoms with Crippen molar-refractivity contribution in [1.29, 1.82) is 0 Å². The summed E-state index contributed by atoms with van der Waals surface area (Å²) in [6, 6.07) is 16.3. The van der Waals surface area contributed by atoms with Crippen LogP contribution < -0.4 is 26.0 Å². The van der Waals surface area contributed by atoms with Crippen molar-refractivity contribution in [1.82, 2.24) is 0 Å². The average molecular weight is 405 g/mol. The van der Waals surface area contributed by atoms with Crippen LogP contribution >= 0.6 is 0 Å². The maximum atomic E-state index is 12.5. The molecule has 1 heterocycles. The van der Waals surface area contributed by atoms with Gasteiger partial charge in [0, 0.05) is 43.1 Å². The second kappa shape index (κ2) is 8.02. The third-order valence-corrected chi connectivity index (χ3v) is 5.54. The average Bonchev–Trinajstić information content (AvgIpc) is 2.78. The van der Waals surface area contributed by atoms with Crippen LogP contribution in [0.4, 0.5) is 17.1 Å². The van der Waals surface area contributed by atoms with Gasteiger partial charge in [-0.15, -0.1) is 0 Å². The number of piperazine rings is 1. The first-order valence-electron chi connectivity index (χ1n) is 9.94. The van der Waals surface area contributed by atoms with Crippen molar-refractivity contribution in [2.45, 2.75) is 13.0 Å². The van der Waals surface area contributed by atoms with E-state index in [-0.39, 0.29) is 0 Å². The van der Waals surface area contributed by atoms with Crippen molar-refractivity contribution in [3.8, 4) is 11.1 Å². The Bertz CT molecular complexity index is 1130. The summed E-state index contributed by atoms with van der Waals surface area (Å²) in [5.41, 5.74) is 2.05. The van der Waals surface area contributed by atoms with Gasteiger partial charge in [0.15, 0.2) is 0 Å². The molecule has 154 valence electrons. The van der Waals surface area contributed by atoms with Gasteiger partial charge in [-0.1, -0.05) is 36.4 Å². The SMILES string of the molecule is CC(Nc1ccccc1-c1c(N2CCN(c3ccccc3)CC2)c(=O)c1=O)C(=O)O. The molecular formula is C23H23N3O4. The summed E-state index contributed by atoms with van der Waals surface area (Å²) in [6.45, 7) is 4.29. The highest BCUT2D eigenvalue weighted by molar-refractivity contribution is 5.91. The highest BCUT2D eigenvalue weighted by Gasteiger charge is 2.30. The fourth-order valence-corrected chi connectivity index (χ4v) is 3.88. The minimum atomic E-state index is -0.993. The third-order valence-electron chi connectivity index (χ3n) is 5.54. The second-order valence-electron chi connectivity index (χ2n) is 7.44. The lowest BCUT2D eigenvalue weighted by Crippen LogP contribution is -2.51. The molecule has 30 heavy (non-hydrogen) atoms. The number of benzene rings is 2. The van der Waals surface area contributed by atoms with Gasteiger partial charge in [0.25, 0.3) is 0 Å². The topological polar surface area (TPSA) is 90.0 Å². The van der Waals surface area contributed by atoms with E-state index in [9.17, 15) is 19.5 Å². The number of aliphatic carboxylic acids is 1. The zero-order chi connectivity index (χ0) is 21.3. The lowest BCUT2D eigenvalue weighted by Gasteiger charge is -2.38. The smallest absolute Gasteiger partial charge is 0.325 e. The van der Waals surface area contributed by atoms with Gasteiger partial charge in [0.05, 0.1) is 5.56 Å². The summed E-state index contributed by atoms with van der Waals surface area (Å²) in [6.07, 6.45) is 0. The van der Waals surface area contributed by atoms with Crippen LogP contribution in [0.2, 0.25) is 0 Å². The Kier molecular flexibility index (Phi) is 5.27. The molecule has 0 aromatic heterocycles. The third kappa shape index (κ3) is 3.54. The van der Waals surface area contributed by atoms with E-state index in [0.717, 1.165) is 18.8 Å². The van der Waals surface area contributed by atoms with Gasteiger partial charge in [0.1, 0.15) is 11.7 Å². The van der Waals surface area contributed by atoms with E-state index in [2.05, 4.69) is 22.3 Å². The normalized spacial score (nSPS) is 15.2. The fourth-order valence-electron chi connectivity index (χ4n) is 3.88. The number of para-hydroxylation sites is 2. The van der Waals surface area contributed by atoms with Crippen LogP contribution in [0.5, 0.6) is 0 Å². The van der Waals surface area contributed by atoms with Gasteiger partial charge >= 0.3 is 5.97 Å². The highest BCUT2D eigenvalue weighted by atomic mass is 16.4. The van der Waals surface area contributed by atoms with Crippen LogP contribution in [0.1, 0.15) is 6.92 Å². The van der Waals surface area contributed by atoms with Crippen LogP contribution in [0.25, 0.3) is 11.1 Å². The molecule has 1 fully saturated rings. The maximum absolute atomic E-state index is 12.5. The quantitative estimate of drug-likeness (QED) is 0.608. The summed E-state index contributed by atoms with van der Waals surface area (Å²) in [5, 5.41) is 12.1. The summed E-state index contributed by atoms with van der Waals surface area (Å²) in [4.78, 5) is 40.4. The number of nitrogens with zero attached hydrogens (tertiary/aromatic N) is 2. The molecule has 0 amide bonds. The van der Waals surface area contributed by atoms with Crippen molar-refractivity contribution in [2.24, 2.45) is 0 Å². The van der Waals surface area contributed by atoms with E-state index in [1.165, 1.54) is 6.92 Å². The van der Waals surface area contributed by atoms with E-state index in [1.54, 1.807) is 24.3 Å². The standard InChI is InChI=1S/C23H23N3O4/c1-15(23(29)30)24-18-10-6-5-9-17(18)19-20(22(28)21(19)27)26-13-11-25(12-14-26)16-7-3-2-4-8-16/h2-10,15,24H,11-14H2,1H3,(H,29,30). The molecule has 1 atom stereocenters. The number of hydrogen-bond acceptors (Lipinski definition) is 6. The Balaban J connectivity index is 1.60. The summed E-state index contributed by atoms with van der Waals surface area (Å²) in [7, 11) is 0. The first-order chi connectivity index (χ1) is 14.5. The molecule has 1 unspecified atom stereocenters. The number of carbonyl (C=O) groups is 1. The van der Waals surface area contributed by atoms with Crippen LogP contribution in [-0.2, 0) is 4.79 Å². The Morgan fingerprint density at radius 1 is 0.900 bits per heavy atom. The first kappa shape index (κ1) is 19.7. The number of anilines is 3. The molecular weight excluding hydrogens is 382 g/mol. The lowest BCUT2D eigenvalue weighted by atomic mass is 9.95. The van der Waals surface area contributed by atoms with Crippen LogP contribution in [0, 0.1) is 0 Å². The van der Waals surface area contributed by atoms with Gasteiger partial charge in [-0.05, 0) is 25.1 Å². The van der Waals surface area contributed by atoms with E-state index < -0.39 is 22.9 Å². The molecule has 3 aromatic carbocycles. The zero-order valence-electron chi connectivity index (χ0n) is 16.7. The molecule has 0 saturated carbocycles. The molecule has 7 heteroatoms. The van der Waals surface area contributed by atoms with Crippen LogP contribution in [0.3, 0.4) is 0 Å². The number of nitrogens with one attached hydrogen (secondary N) is 1. The van der Waals surface area contributed by atoms with E-state index in [1.807, 2.05) is 23.1 Å². The summed E-state index contributed by atoms with van der Waals surface area (Å²) < 4.78 is 0. The predicted molar refractivity (Wildman–Crippen MR) is 118 cm³/mol. The molecule has 2 N–H and O–H groups in total. The van der Waals surface area contributed by atoms with Gasteiger partial charge in [0.2, 0.25) is 10.9 Å². The van der Waals surface area contributed by atoms with Gasteiger partial charge in [-0.2, -0.15) is 0 Å². The zero-order valence-corrected chi connectivity index (χ0v) is 16.7. The van der Waals surface area contributed by atoms with E-state index in [0.29, 0.717) is 35.6 Å². The number of hydrogen-bond donors (Lipinski definition) is 2. The monoisotopic (exact) mass is 405 g/mol. The summed E-state index contributed by atoms with van der Waals surface area (Å²) in [5.74, 6) is -0.993. The van der Waals surface area contributed by atoms with E-state index >= 15 is 0 Å². The van der Waals surface area contributed by atoms with Gasteiger partial charge in [-0.3, -0.25) is 14.4 Å². The molecule has 0 bridgehead atoms. The van der Waals surface area contributed by atoms with Crippen LogP contribution in [-0.4, -0.2) is 43.3 Å². The Hall–Kier alpha value is -3.61. The predicted octanol–water partition coefficient (Wildman–Crippen LogP) is 2.16. The van der Waals surface area contributed by atoms with Crippen molar-refractivity contribution in [3.63, 3.8) is 0 Å².